The predicted octanol–water partition coefficient (Wildman–Crippen LogP) is 0.325. The molecule has 2 N–H and O–H groups in total. The van der Waals surface area contributed by atoms with Gasteiger partial charge >= 0.3 is 0 Å². The smallest absolute Gasteiger partial charge is 0.294 e. The number of amides is 1. The minimum atomic E-state index is -0.354. The highest BCUT2D eigenvalue weighted by atomic mass is 16.5. The fraction of sp³-hybridized carbons (Fsp3) is 0.571. The molecule has 1 amide bonds. The van der Waals surface area contributed by atoms with Crippen molar-refractivity contribution in [2.45, 2.75) is 26.4 Å². The van der Waals surface area contributed by atoms with E-state index in [-0.39, 0.29) is 23.8 Å². The Morgan fingerprint density at radius 1 is 1.50 bits per heavy atom. The first-order valence-corrected chi connectivity index (χ1v) is 6.84. The van der Waals surface area contributed by atoms with Gasteiger partial charge in [0.2, 0.25) is 0 Å². The molecule has 0 saturated heterocycles. The van der Waals surface area contributed by atoms with Crippen LogP contribution in [0.2, 0.25) is 0 Å². The summed E-state index contributed by atoms with van der Waals surface area (Å²) in [4.78, 5) is 17.5. The monoisotopic (exact) mass is 282 g/mol. The van der Waals surface area contributed by atoms with Gasteiger partial charge < -0.3 is 14.1 Å². The first kappa shape index (κ1) is 16.2. The third-order valence-corrected chi connectivity index (χ3v) is 2.40. The summed E-state index contributed by atoms with van der Waals surface area (Å²) in [5.74, 6) is -0.115. The standard InChI is InChI=1S/C14H23N3O3/c1-11(2)20-14(15-8-6-9-17(3)4)16-13(18)12-7-5-10-19-12/h5,7,10-11H,6,8-9H2,1-4H3,(H,15,16,18)/p+1. The molecule has 0 bridgehead atoms. The van der Waals surface area contributed by atoms with Gasteiger partial charge in [0.25, 0.3) is 11.9 Å². The van der Waals surface area contributed by atoms with Crippen LogP contribution in [-0.2, 0) is 4.74 Å². The Bertz CT molecular complexity index is 425. The third kappa shape index (κ3) is 6.38. The minimum Gasteiger partial charge on any atom is -0.462 e. The second-order valence-corrected chi connectivity index (χ2v) is 5.10. The number of carbonyl (C=O) groups excluding carboxylic acids is 1. The number of carbonyl (C=O) groups is 1. The van der Waals surface area contributed by atoms with Crippen LogP contribution in [0, 0.1) is 0 Å². The summed E-state index contributed by atoms with van der Waals surface area (Å²) in [6.45, 7) is 5.41. The molecule has 6 nitrogen and oxygen atoms in total. The molecule has 1 rings (SSSR count). The van der Waals surface area contributed by atoms with Gasteiger partial charge in [-0.25, -0.2) is 4.99 Å². The Labute approximate surface area is 119 Å². The first-order valence-electron chi connectivity index (χ1n) is 6.84. The maximum absolute atomic E-state index is 11.9. The summed E-state index contributed by atoms with van der Waals surface area (Å²) in [6, 6.07) is 3.50. The average molecular weight is 282 g/mol. The maximum atomic E-state index is 11.9. The summed E-state index contributed by atoms with van der Waals surface area (Å²) >= 11 is 0. The van der Waals surface area contributed by atoms with E-state index in [1.807, 2.05) is 13.8 Å². The van der Waals surface area contributed by atoms with Crippen LogP contribution in [0.5, 0.6) is 0 Å². The molecular formula is C14H24N3O3+. The highest BCUT2D eigenvalue weighted by Gasteiger charge is 2.13. The van der Waals surface area contributed by atoms with Gasteiger partial charge in [0.1, 0.15) is 0 Å². The number of rotatable bonds is 6. The number of nitrogens with zero attached hydrogens (tertiary/aromatic N) is 1. The molecule has 0 atom stereocenters. The van der Waals surface area contributed by atoms with Crippen LogP contribution in [-0.4, -0.2) is 45.2 Å². The van der Waals surface area contributed by atoms with Gasteiger partial charge in [-0.2, -0.15) is 0 Å². The Morgan fingerprint density at radius 2 is 2.25 bits per heavy atom. The molecule has 0 saturated carbocycles. The fourth-order valence-electron chi connectivity index (χ4n) is 1.51. The van der Waals surface area contributed by atoms with Crippen molar-refractivity contribution >= 4 is 11.9 Å². The lowest BCUT2D eigenvalue weighted by Gasteiger charge is -2.13. The molecular weight excluding hydrogens is 258 g/mol. The SMILES string of the molecule is CC(C)OC(=NCCC[NH+](C)C)NC(=O)c1ccco1. The second kappa shape index (κ2) is 8.37. The lowest BCUT2D eigenvalue weighted by Crippen LogP contribution is -3.05. The average Bonchev–Trinajstić information content (AvgIpc) is 2.87. The van der Waals surface area contributed by atoms with Crippen molar-refractivity contribution in [2.75, 3.05) is 27.2 Å². The molecule has 0 fully saturated rings. The Balaban J connectivity index is 2.55. The molecule has 0 aliphatic rings. The van der Waals surface area contributed by atoms with Gasteiger partial charge in [-0.1, -0.05) is 0 Å². The van der Waals surface area contributed by atoms with E-state index in [9.17, 15) is 4.79 Å². The highest BCUT2D eigenvalue weighted by molar-refractivity contribution is 6.02. The van der Waals surface area contributed by atoms with Crippen LogP contribution in [0.25, 0.3) is 0 Å². The summed E-state index contributed by atoms with van der Waals surface area (Å²) in [6.07, 6.45) is 2.34. The van der Waals surface area contributed by atoms with Crippen molar-refractivity contribution in [3.63, 3.8) is 0 Å². The van der Waals surface area contributed by atoms with Crippen LogP contribution in [0.1, 0.15) is 30.8 Å². The van der Waals surface area contributed by atoms with Gasteiger partial charge in [-0.15, -0.1) is 0 Å². The molecule has 1 aromatic heterocycles. The Hall–Kier alpha value is -1.82. The molecule has 0 spiro atoms. The van der Waals surface area contributed by atoms with Crippen LogP contribution in [0.3, 0.4) is 0 Å². The number of furan rings is 1. The van der Waals surface area contributed by atoms with E-state index in [1.165, 1.54) is 11.2 Å². The molecule has 1 aromatic rings. The molecule has 0 unspecified atom stereocenters. The number of amidine groups is 1. The van der Waals surface area contributed by atoms with Gasteiger partial charge in [-0.3, -0.25) is 10.1 Å². The molecule has 0 aromatic carbocycles. The Kier molecular flexibility index (Phi) is 6.79. The number of hydrogen-bond donors (Lipinski definition) is 2. The summed E-state index contributed by atoms with van der Waals surface area (Å²) < 4.78 is 10.5. The van der Waals surface area contributed by atoms with E-state index in [2.05, 4.69) is 24.4 Å². The van der Waals surface area contributed by atoms with Crippen molar-refractivity contribution < 1.29 is 18.8 Å². The third-order valence-electron chi connectivity index (χ3n) is 2.40. The lowest BCUT2D eigenvalue weighted by molar-refractivity contribution is -0.858. The van der Waals surface area contributed by atoms with Gasteiger partial charge in [0.15, 0.2) is 5.76 Å². The van der Waals surface area contributed by atoms with E-state index < -0.39 is 0 Å². The molecule has 0 aliphatic heterocycles. The maximum Gasteiger partial charge on any atom is 0.294 e. The van der Waals surface area contributed by atoms with E-state index in [0.29, 0.717) is 6.54 Å². The number of aliphatic imine (C=N–C) groups is 1. The van der Waals surface area contributed by atoms with E-state index >= 15 is 0 Å². The molecule has 1 heterocycles. The zero-order chi connectivity index (χ0) is 15.0. The van der Waals surface area contributed by atoms with Crippen molar-refractivity contribution in [2.24, 2.45) is 4.99 Å². The quantitative estimate of drug-likeness (QED) is 0.449. The zero-order valence-corrected chi connectivity index (χ0v) is 12.6. The second-order valence-electron chi connectivity index (χ2n) is 5.10. The number of quaternary nitrogens is 1. The molecule has 112 valence electrons. The first-order chi connectivity index (χ1) is 9.49. The number of hydrogen-bond acceptors (Lipinski definition) is 4. The van der Waals surface area contributed by atoms with Gasteiger partial charge in [0, 0.05) is 13.0 Å². The van der Waals surface area contributed by atoms with E-state index in [0.717, 1.165) is 13.0 Å². The van der Waals surface area contributed by atoms with E-state index in [1.54, 1.807) is 12.1 Å². The lowest BCUT2D eigenvalue weighted by atomic mass is 10.4. The van der Waals surface area contributed by atoms with Crippen LogP contribution in [0.15, 0.2) is 27.8 Å². The minimum absolute atomic E-state index is 0.0508. The van der Waals surface area contributed by atoms with Crippen molar-refractivity contribution in [1.82, 2.24) is 5.32 Å². The van der Waals surface area contributed by atoms with E-state index in [4.69, 9.17) is 9.15 Å². The molecule has 0 radical (unpaired) electrons. The number of nitrogens with one attached hydrogen (secondary N) is 2. The van der Waals surface area contributed by atoms with Crippen molar-refractivity contribution in [1.29, 1.82) is 0 Å². The molecule has 0 aliphatic carbocycles. The molecule has 6 heteroatoms. The summed E-state index contributed by atoms with van der Waals surface area (Å²) in [5, 5.41) is 2.63. The van der Waals surface area contributed by atoms with Crippen molar-refractivity contribution in [3.05, 3.63) is 24.2 Å². The van der Waals surface area contributed by atoms with Gasteiger partial charge in [-0.05, 0) is 26.0 Å². The highest BCUT2D eigenvalue weighted by Crippen LogP contribution is 2.00. The van der Waals surface area contributed by atoms with Crippen molar-refractivity contribution in [3.8, 4) is 0 Å². The Morgan fingerprint density at radius 3 is 2.80 bits per heavy atom. The predicted molar refractivity (Wildman–Crippen MR) is 77.0 cm³/mol. The normalized spacial score (nSPS) is 12.0. The topological polar surface area (TPSA) is 68.3 Å². The fourth-order valence-corrected chi connectivity index (χ4v) is 1.51. The number of ether oxygens (including phenoxy) is 1. The summed E-state index contributed by atoms with van der Waals surface area (Å²) in [7, 11) is 4.18. The van der Waals surface area contributed by atoms with Crippen LogP contribution in [0.4, 0.5) is 0 Å². The summed E-state index contributed by atoms with van der Waals surface area (Å²) in [5.41, 5.74) is 0. The van der Waals surface area contributed by atoms with Crippen LogP contribution >= 0.6 is 0 Å². The zero-order valence-electron chi connectivity index (χ0n) is 12.6. The van der Waals surface area contributed by atoms with Crippen LogP contribution < -0.4 is 10.2 Å². The largest absolute Gasteiger partial charge is 0.462 e. The molecule has 20 heavy (non-hydrogen) atoms. The van der Waals surface area contributed by atoms with Gasteiger partial charge in [0.05, 0.1) is 33.0 Å².